The van der Waals surface area contributed by atoms with Crippen molar-refractivity contribution in [2.24, 2.45) is 11.8 Å². The third-order valence-corrected chi connectivity index (χ3v) is 3.65. The highest BCUT2D eigenvalue weighted by atomic mass is 35.5. The molecular formula is C18H30ClNO. The van der Waals surface area contributed by atoms with Crippen LogP contribution in [0.3, 0.4) is 0 Å². The number of hydrogen-bond acceptors (Lipinski definition) is 2. The molecule has 0 saturated carbocycles. The summed E-state index contributed by atoms with van der Waals surface area (Å²) < 4.78 is 5.71. The number of hydrogen-bond donors (Lipinski definition) is 1. The minimum absolute atomic E-state index is 0.310. The number of ether oxygens (including phenoxy) is 1. The summed E-state index contributed by atoms with van der Waals surface area (Å²) in [6.07, 6.45) is 2.47. The molecule has 1 aromatic carbocycles. The molecule has 1 N–H and O–H groups in total. The second-order valence-electron chi connectivity index (χ2n) is 6.46. The summed E-state index contributed by atoms with van der Waals surface area (Å²) in [6.45, 7) is 11.6. The lowest BCUT2D eigenvalue weighted by Crippen LogP contribution is -2.28. The fourth-order valence-corrected chi connectivity index (χ4v) is 2.40. The minimum atomic E-state index is 0.310. The smallest absolute Gasteiger partial charge is 0.0518 e. The Morgan fingerprint density at radius 2 is 1.71 bits per heavy atom. The normalized spacial score (nSPS) is 13.1. The molecule has 0 heterocycles. The predicted molar refractivity (Wildman–Crippen MR) is 92.1 cm³/mol. The average molecular weight is 312 g/mol. The molecule has 1 atom stereocenters. The Balaban J connectivity index is 2.47. The van der Waals surface area contributed by atoms with Crippen molar-refractivity contribution >= 4 is 11.6 Å². The van der Waals surface area contributed by atoms with Gasteiger partial charge in [-0.15, -0.1) is 0 Å². The first-order chi connectivity index (χ1) is 9.97. The summed E-state index contributed by atoms with van der Waals surface area (Å²) in [4.78, 5) is 0. The Morgan fingerprint density at radius 3 is 2.29 bits per heavy atom. The molecule has 120 valence electrons. The summed E-state index contributed by atoms with van der Waals surface area (Å²) in [6, 6.07) is 8.20. The summed E-state index contributed by atoms with van der Waals surface area (Å²) in [5.74, 6) is 1.29. The van der Waals surface area contributed by atoms with E-state index in [0.29, 0.717) is 17.9 Å². The molecule has 0 radical (unpaired) electrons. The molecule has 1 unspecified atom stereocenters. The van der Waals surface area contributed by atoms with E-state index in [1.165, 1.54) is 5.56 Å². The van der Waals surface area contributed by atoms with Crippen LogP contribution in [0.1, 0.15) is 39.7 Å². The van der Waals surface area contributed by atoms with Gasteiger partial charge in [-0.25, -0.2) is 0 Å². The highest BCUT2D eigenvalue weighted by molar-refractivity contribution is 6.30. The van der Waals surface area contributed by atoms with E-state index in [-0.39, 0.29) is 0 Å². The van der Waals surface area contributed by atoms with Crippen LogP contribution in [0.2, 0.25) is 5.02 Å². The van der Waals surface area contributed by atoms with Crippen molar-refractivity contribution in [3.8, 4) is 0 Å². The van der Waals surface area contributed by atoms with E-state index in [0.717, 1.165) is 37.6 Å². The van der Waals surface area contributed by atoms with Crippen LogP contribution >= 0.6 is 11.6 Å². The van der Waals surface area contributed by atoms with Gasteiger partial charge in [0, 0.05) is 11.6 Å². The van der Waals surface area contributed by atoms with Crippen molar-refractivity contribution < 1.29 is 4.74 Å². The maximum atomic E-state index is 5.95. The number of rotatable bonds is 10. The Morgan fingerprint density at radius 1 is 1.05 bits per heavy atom. The Bertz CT molecular complexity index is 361. The Labute approximate surface area is 135 Å². The Kier molecular flexibility index (Phi) is 8.98. The third-order valence-electron chi connectivity index (χ3n) is 3.40. The zero-order valence-corrected chi connectivity index (χ0v) is 14.6. The van der Waals surface area contributed by atoms with Crippen LogP contribution in [0.15, 0.2) is 24.3 Å². The van der Waals surface area contributed by atoms with Crippen molar-refractivity contribution in [3.05, 3.63) is 34.9 Å². The second kappa shape index (κ2) is 10.2. The molecule has 0 fully saturated rings. The van der Waals surface area contributed by atoms with E-state index in [4.69, 9.17) is 16.3 Å². The molecule has 2 nitrogen and oxygen atoms in total. The lowest BCUT2D eigenvalue weighted by molar-refractivity contribution is 0.0682. The SMILES string of the molecule is CC(C)CNCC(CCOC(C)C)Cc1ccc(Cl)cc1. The van der Waals surface area contributed by atoms with Crippen LogP contribution in [0.4, 0.5) is 0 Å². The fourth-order valence-electron chi connectivity index (χ4n) is 2.28. The van der Waals surface area contributed by atoms with Gasteiger partial charge in [-0.1, -0.05) is 37.6 Å². The standard InChI is InChI=1S/C18H30ClNO/c1-14(2)12-20-13-17(9-10-21-15(3)4)11-16-5-7-18(19)8-6-16/h5-8,14-15,17,20H,9-13H2,1-4H3. The maximum absolute atomic E-state index is 5.95. The van der Waals surface area contributed by atoms with Gasteiger partial charge < -0.3 is 10.1 Å². The molecular weight excluding hydrogens is 282 g/mol. The third kappa shape index (κ3) is 9.13. The average Bonchev–Trinajstić information content (AvgIpc) is 2.40. The first-order valence-corrected chi connectivity index (χ1v) is 8.42. The predicted octanol–water partition coefficient (Wildman–Crippen LogP) is 4.56. The van der Waals surface area contributed by atoms with Gasteiger partial charge >= 0.3 is 0 Å². The summed E-state index contributed by atoms with van der Waals surface area (Å²) in [5, 5.41) is 4.38. The minimum Gasteiger partial charge on any atom is -0.379 e. The summed E-state index contributed by atoms with van der Waals surface area (Å²) in [7, 11) is 0. The van der Waals surface area contributed by atoms with Gasteiger partial charge in [-0.3, -0.25) is 0 Å². The van der Waals surface area contributed by atoms with Gasteiger partial charge in [0.25, 0.3) is 0 Å². The van der Waals surface area contributed by atoms with Crippen LogP contribution < -0.4 is 5.32 Å². The molecule has 0 aliphatic rings. The fraction of sp³-hybridized carbons (Fsp3) is 0.667. The Hall–Kier alpha value is -0.570. The van der Waals surface area contributed by atoms with Gasteiger partial charge in [-0.05, 0) is 69.3 Å². The molecule has 0 spiro atoms. The molecule has 1 rings (SSSR count). The van der Waals surface area contributed by atoms with Gasteiger partial charge in [0.1, 0.15) is 0 Å². The highest BCUT2D eigenvalue weighted by Gasteiger charge is 2.11. The molecule has 1 aromatic rings. The van der Waals surface area contributed by atoms with E-state index in [2.05, 4.69) is 45.1 Å². The van der Waals surface area contributed by atoms with Crippen LogP contribution in [0.25, 0.3) is 0 Å². The van der Waals surface area contributed by atoms with E-state index in [1.54, 1.807) is 0 Å². The lowest BCUT2D eigenvalue weighted by Gasteiger charge is -2.19. The van der Waals surface area contributed by atoms with E-state index in [1.807, 2.05) is 12.1 Å². The van der Waals surface area contributed by atoms with Crippen LogP contribution in [0.5, 0.6) is 0 Å². The molecule has 3 heteroatoms. The number of nitrogens with one attached hydrogen (secondary N) is 1. The van der Waals surface area contributed by atoms with E-state index < -0.39 is 0 Å². The topological polar surface area (TPSA) is 21.3 Å². The monoisotopic (exact) mass is 311 g/mol. The van der Waals surface area contributed by atoms with Crippen molar-refractivity contribution in [2.45, 2.75) is 46.6 Å². The van der Waals surface area contributed by atoms with E-state index in [9.17, 15) is 0 Å². The maximum Gasteiger partial charge on any atom is 0.0518 e. The highest BCUT2D eigenvalue weighted by Crippen LogP contribution is 2.16. The molecule has 0 bridgehead atoms. The van der Waals surface area contributed by atoms with Crippen LogP contribution in [-0.2, 0) is 11.2 Å². The molecule has 0 aromatic heterocycles. The molecule has 0 aliphatic carbocycles. The summed E-state index contributed by atoms with van der Waals surface area (Å²) >= 11 is 5.95. The number of halogens is 1. The van der Waals surface area contributed by atoms with Crippen LogP contribution in [-0.4, -0.2) is 25.8 Å². The summed E-state index contributed by atoms with van der Waals surface area (Å²) in [5.41, 5.74) is 1.35. The van der Waals surface area contributed by atoms with Gasteiger partial charge in [-0.2, -0.15) is 0 Å². The van der Waals surface area contributed by atoms with Gasteiger partial charge in [0.05, 0.1) is 6.10 Å². The van der Waals surface area contributed by atoms with Crippen molar-refractivity contribution in [1.29, 1.82) is 0 Å². The molecule has 0 aliphatic heterocycles. The molecule has 0 saturated heterocycles. The van der Waals surface area contributed by atoms with Crippen molar-refractivity contribution in [1.82, 2.24) is 5.32 Å². The molecule has 21 heavy (non-hydrogen) atoms. The zero-order chi connectivity index (χ0) is 15.7. The van der Waals surface area contributed by atoms with Gasteiger partial charge in [0.15, 0.2) is 0 Å². The van der Waals surface area contributed by atoms with Gasteiger partial charge in [0.2, 0.25) is 0 Å². The van der Waals surface area contributed by atoms with Crippen molar-refractivity contribution in [3.63, 3.8) is 0 Å². The van der Waals surface area contributed by atoms with E-state index >= 15 is 0 Å². The van der Waals surface area contributed by atoms with Crippen LogP contribution in [0, 0.1) is 11.8 Å². The first kappa shape index (κ1) is 18.5. The zero-order valence-electron chi connectivity index (χ0n) is 13.9. The quantitative estimate of drug-likeness (QED) is 0.684. The first-order valence-electron chi connectivity index (χ1n) is 8.04. The lowest BCUT2D eigenvalue weighted by atomic mass is 9.96. The number of benzene rings is 1. The molecule has 0 amide bonds. The largest absolute Gasteiger partial charge is 0.379 e. The second-order valence-corrected chi connectivity index (χ2v) is 6.89. The van der Waals surface area contributed by atoms with Crippen molar-refractivity contribution in [2.75, 3.05) is 19.7 Å².